The van der Waals surface area contributed by atoms with E-state index in [1.807, 2.05) is 0 Å². The van der Waals surface area contributed by atoms with Crippen LogP contribution in [0.4, 0.5) is 0 Å². The third-order valence-electron chi connectivity index (χ3n) is 4.76. The number of fused-ring (bicyclic) bond motifs is 3. The van der Waals surface area contributed by atoms with Crippen molar-refractivity contribution >= 4 is 21.5 Å². The van der Waals surface area contributed by atoms with E-state index in [0.717, 1.165) is 19.3 Å². The van der Waals surface area contributed by atoms with Gasteiger partial charge in [-0.15, -0.1) is 46.2 Å². The van der Waals surface area contributed by atoms with Crippen LogP contribution in [0.5, 0.6) is 0 Å². The average molecular weight is 477 g/mol. The van der Waals surface area contributed by atoms with Crippen LogP contribution in [0.25, 0.3) is 21.5 Å². The summed E-state index contributed by atoms with van der Waals surface area (Å²) in [4.78, 5) is 0. The molecule has 0 bridgehead atoms. The Labute approximate surface area is 195 Å². The predicted molar refractivity (Wildman–Crippen MR) is 107 cm³/mol. The molecule has 0 atom stereocenters. The molecule has 3 heteroatoms. The minimum Gasteiger partial charge on any atom is -1.00 e. The van der Waals surface area contributed by atoms with Gasteiger partial charge in [0, 0.05) is 0 Å². The smallest absolute Gasteiger partial charge is 1.00 e. The van der Waals surface area contributed by atoms with Gasteiger partial charge < -0.3 is 24.8 Å². The summed E-state index contributed by atoms with van der Waals surface area (Å²) in [6.45, 7) is 8.62. The molecule has 0 saturated heterocycles. The fourth-order valence-electron chi connectivity index (χ4n) is 3.31. The van der Waals surface area contributed by atoms with Crippen LogP contribution in [0.3, 0.4) is 0 Å². The van der Waals surface area contributed by atoms with Crippen LogP contribution in [0.1, 0.15) is 45.2 Å². The summed E-state index contributed by atoms with van der Waals surface area (Å²) in [5, 5.41) is 5.54. The van der Waals surface area contributed by atoms with Crippen LogP contribution < -0.4 is 24.8 Å². The number of halogens is 2. The Morgan fingerprint density at radius 2 is 1.33 bits per heavy atom. The van der Waals surface area contributed by atoms with Gasteiger partial charge >= 0.3 is 26.2 Å². The maximum absolute atomic E-state index is 3.19. The van der Waals surface area contributed by atoms with Crippen molar-refractivity contribution in [1.82, 2.24) is 0 Å². The molecular weight excluding hydrogens is 450 g/mol. The minimum atomic E-state index is 0. The second-order valence-electron chi connectivity index (χ2n) is 6.72. The fourth-order valence-corrected chi connectivity index (χ4v) is 3.31. The zero-order chi connectivity index (χ0) is 17.1. The Morgan fingerprint density at radius 3 is 1.63 bits per heavy atom. The van der Waals surface area contributed by atoms with Gasteiger partial charge in [0.1, 0.15) is 0 Å². The van der Waals surface area contributed by atoms with Gasteiger partial charge in [0.2, 0.25) is 0 Å². The van der Waals surface area contributed by atoms with E-state index >= 15 is 0 Å². The molecule has 3 aromatic rings. The summed E-state index contributed by atoms with van der Waals surface area (Å²) < 4.78 is 0. The summed E-state index contributed by atoms with van der Waals surface area (Å²) in [6, 6.07) is 16.0. The van der Waals surface area contributed by atoms with Crippen molar-refractivity contribution in [3.8, 4) is 0 Å². The van der Waals surface area contributed by atoms with Gasteiger partial charge in [-0.2, -0.15) is 5.57 Å². The molecule has 27 heavy (non-hydrogen) atoms. The molecule has 0 radical (unpaired) electrons. The largest absolute Gasteiger partial charge is 4.00 e. The molecule has 3 aromatic carbocycles. The molecule has 0 aromatic heterocycles. The fraction of sp³-hybridized carbons (Fsp3) is 0.292. The molecule has 0 saturated carbocycles. The third kappa shape index (κ3) is 6.38. The first-order valence-electron chi connectivity index (χ1n) is 8.96. The molecular formula is C24H26Cl2Zr. The van der Waals surface area contributed by atoms with Crippen molar-refractivity contribution < 1.29 is 51.0 Å². The van der Waals surface area contributed by atoms with E-state index in [2.05, 4.69) is 82.3 Å². The van der Waals surface area contributed by atoms with Crippen LogP contribution in [-0.2, 0) is 39.0 Å². The first-order chi connectivity index (χ1) is 11.6. The molecule has 1 aliphatic rings. The van der Waals surface area contributed by atoms with Crippen molar-refractivity contribution in [3.63, 3.8) is 0 Å². The van der Waals surface area contributed by atoms with Gasteiger partial charge in [-0.05, 0) is 12.8 Å². The topological polar surface area (TPSA) is 0 Å². The van der Waals surface area contributed by atoms with E-state index in [-0.39, 0.29) is 51.0 Å². The molecule has 0 unspecified atom stereocenters. The van der Waals surface area contributed by atoms with Gasteiger partial charge in [-0.1, -0.05) is 63.1 Å². The summed E-state index contributed by atoms with van der Waals surface area (Å²) >= 11 is 0. The number of allylic oxidation sites excluding steroid dienone is 4. The standard InChI is InChI=1S/C17H17.C7H9.2ClH.Zr/c1-3-12-5-7-16-14(9-12)11-15-10-13(4-2)6-8-17(15)16;1-6-3-4-7(2)5-6;;;/h5-11H,3-4H2,1-2H3;5H,3H2,1-2H3;2*1H;/q2*-1;;;+4/p-2. The van der Waals surface area contributed by atoms with Crippen molar-refractivity contribution in [3.05, 3.63) is 76.9 Å². The Bertz CT molecular complexity index is 874. The minimum absolute atomic E-state index is 0. The van der Waals surface area contributed by atoms with Crippen LogP contribution in [0, 0.1) is 6.08 Å². The molecule has 0 fully saturated rings. The van der Waals surface area contributed by atoms with Gasteiger partial charge in [-0.3, -0.25) is 6.08 Å². The van der Waals surface area contributed by atoms with Crippen molar-refractivity contribution in [2.75, 3.05) is 0 Å². The average Bonchev–Trinajstić information content (AvgIpc) is 3.15. The first-order valence-corrected chi connectivity index (χ1v) is 8.96. The number of hydrogen-bond acceptors (Lipinski definition) is 0. The Morgan fingerprint density at radius 1 is 0.852 bits per heavy atom. The van der Waals surface area contributed by atoms with Crippen LogP contribution in [0.2, 0.25) is 0 Å². The monoisotopic (exact) mass is 474 g/mol. The van der Waals surface area contributed by atoms with Crippen molar-refractivity contribution in [2.24, 2.45) is 0 Å². The summed E-state index contributed by atoms with van der Waals surface area (Å²) in [7, 11) is 0. The maximum Gasteiger partial charge on any atom is 4.00 e. The molecule has 0 heterocycles. The van der Waals surface area contributed by atoms with Gasteiger partial charge in [0.15, 0.2) is 0 Å². The number of rotatable bonds is 2. The van der Waals surface area contributed by atoms with E-state index in [0.29, 0.717) is 0 Å². The quantitative estimate of drug-likeness (QED) is 0.483. The van der Waals surface area contributed by atoms with E-state index in [1.165, 1.54) is 43.8 Å². The van der Waals surface area contributed by atoms with Crippen LogP contribution in [-0.4, -0.2) is 0 Å². The summed E-state index contributed by atoms with van der Waals surface area (Å²) in [5.74, 6) is 0. The molecule has 4 rings (SSSR count). The van der Waals surface area contributed by atoms with Gasteiger partial charge in [0.25, 0.3) is 0 Å². The molecule has 0 N–H and O–H groups in total. The van der Waals surface area contributed by atoms with Crippen LogP contribution in [0.15, 0.2) is 59.7 Å². The Kier molecular flexibility index (Phi) is 11.6. The van der Waals surface area contributed by atoms with Gasteiger partial charge in [-0.25, -0.2) is 11.6 Å². The normalized spacial score (nSPS) is 12.1. The zero-order valence-electron chi connectivity index (χ0n) is 16.5. The van der Waals surface area contributed by atoms with E-state index in [4.69, 9.17) is 0 Å². The molecule has 0 spiro atoms. The van der Waals surface area contributed by atoms with E-state index < -0.39 is 0 Å². The molecule has 140 valence electrons. The van der Waals surface area contributed by atoms with Crippen molar-refractivity contribution in [1.29, 1.82) is 0 Å². The molecule has 1 aliphatic carbocycles. The van der Waals surface area contributed by atoms with E-state index in [1.54, 1.807) is 0 Å². The molecule has 0 amide bonds. The predicted octanol–water partition coefficient (Wildman–Crippen LogP) is 0.928. The Balaban J connectivity index is 0.000000585. The number of aryl methyl sites for hydroxylation is 2. The number of hydrogen-bond donors (Lipinski definition) is 0. The van der Waals surface area contributed by atoms with Crippen LogP contribution >= 0.6 is 0 Å². The first kappa shape index (κ1) is 26.3. The zero-order valence-corrected chi connectivity index (χ0v) is 20.5. The third-order valence-corrected chi connectivity index (χ3v) is 4.76. The van der Waals surface area contributed by atoms with Gasteiger partial charge in [0.05, 0.1) is 0 Å². The van der Waals surface area contributed by atoms with E-state index in [9.17, 15) is 0 Å². The number of benzene rings is 2. The second kappa shape index (κ2) is 12.0. The second-order valence-corrected chi connectivity index (χ2v) is 6.72. The maximum atomic E-state index is 3.19. The summed E-state index contributed by atoms with van der Waals surface area (Å²) in [6.07, 6.45) is 8.63. The SMILES string of the molecule is CC1=[C-]CC(C)=C1.CCc1ccc2c(c1)[cH-]c1cc(CC)ccc12.[Cl-].[Cl-].[Zr+4]. The summed E-state index contributed by atoms with van der Waals surface area (Å²) in [5.41, 5.74) is 5.56. The molecule has 0 nitrogen and oxygen atoms in total. The Hall–Kier alpha value is -0.747. The van der Waals surface area contributed by atoms with Crippen molar-refractivity contribution in [2.45, 2.75) is 47.0 Å². The molecule has 0 aliphatic heterocycles.